The number of hydroxylamine groups is 1. The minimum atomic E-state index is -3.06. The molecule has 2 amide bonds. The fraction of sp³-hybridized carbons (Fsp3) is 0.231. The van der Waals surface area contributed by atoms with Gasteiger partial charge in [0.1, 0.15) is 11.4 Å². The van der Waals surface area contributed by atoms with Crippen molar-refractivity contribution in [2.24, 2.45) is 0 Å². The maximum atomic E-state index is 14.0. The van der Waals surface area contributed by atoms with E-state index in [1.54, 1.807) is 36.7 Å². The molecule has 0 bridgehead atoms. The topological polar surface area (TPSA) is 125 Å². The van der Waals surface area contributed by atoms with Crippen LogP contribution in [0.15, 0.2) is 66.1 Å². The lowest BCUT2D eigenvalue weighted by molar-refractivity contribution is -0.114. The van der Waals surface area contributed by atoms with E-state index in [2.05, 4.69) is 20.8 Å². The Labute approximate surface area is 212 Å². The van der Waals surface area contributed by atoms with E-state index in [4.69, 9.17) is 4.74 Å². The largest absolute Gasteiger partial charge is 0.496 e. The summed E-state index contributed by atoms with van der Waals surface area (Å²) in [6.07, 6.45) is 1.12. The van der Waals surface area contributed by atoms with Gasteiger partial charge in [-0.3, -0.25) is 20.3 Å². The number of halogens is 2. The van der Waals surface area contributed by atoms with Crippen molar-refractivity contribution in [3.63, 3.8) is 0 Å². The highest BCUT2D eigenvalue weighted by Gasteiger charge is 2.29. The van der Waals surface area contributed by atoms with Crippen LogP contribution in [0.3, 0.4) is 0 Å². The van der Waals surface area contributed by atoms with Crippen LogP contribution in [-0.2, 0) is 10.7 Å². The van der Waals surface area contributed by atoms with E-state index in [0.717, 1.165) is 6.07 Å². The van der Waals surface area contributed by atoms with Gasteiger partial charge >= 0.3 is 0 Å². The molecule has 11 heteroatoms. The van der Waals surface area contributed by atoms with E-state index in [1.807, 2.05) is 0 Å². The Morgan fingerprint density at radius 1 is 1.14 bits per heavy atom. The molecule has 0 atom stereocenters. The molecule has 37 heavy (non-hydrogen) atoms. The van der Waals surface area contributed by atoms with Crippen LogP contribution in [0.5, 0.6) is 5.75 Å². The van der Waals surface area contributed by atoms with Crippen LogP contribution < -0.4 is 20.9 Å². The highest BCUT2D eigenvalue weighted by atomic mass is 19.3. The van der Waals surface area contributed by atoms with E-state index in [0.29, 0.717) is 22.6 Å². The zero-order chi connectivity index (χ0) is 27.2. The monoisotopic (exact) mass is 511 g/mol. The van der Waals surface area contributed by atoms with E-state index in [-0.39, 0.29) is 28.2 Å². The lowest BCUT2D eigenvalue weighted by atomic mass is 9.98. The molecule has 0 aliphatic rings. The number of anilines is 1. The summed E-state index contributed by atoms with van der Waals surface area (Å²) >= 11 is 0. The minimum absolute atomic E-state index is 0.00341. The van der Waals surface area contributed by atoms with Crippen LogP contribution in [0, 0.1) is 6.92 Å². The molecule has 0 aliphatic heterocycles. The Bertz CT molecular complexity index is 1330. The molecular weight excluding hydrogens is 484 g/mol. The molecule has 1 aromatic heterocycles. The molecule has 3 rings (SSSR count). The van der Waals surface area contributed by atoms with Crippen molar-refractivity contribution in [3.8, 4) is 17.0 Å². The lowest BCUT2D eigenvalue weighted by Crippen LogP contribution is -2.31. The van der Waals surface area contributed by atoms with Gasteiger partial charge in [0.05, 0.1) is 12.8 Å². The van der Waals surface area contributed by atoms with Crippen molar-refractivity contribution in [1.82, 2.24) is 21.0 Å². The first-order valence-corrected chi connectivity index (χ1v) is 11.3. The molecule has 4 N–H and O–H groups in total. The Hall–Kier alpha value is -4.38. The molecule has 9 nitrogen and oxygen atoms in total. The van der Waals surface area contributed by atoms with Gasteiger partial charge in [0.25, 0.3) is 17.7 Å². The van der Waals surface area contributed by atoms with E-state index >= 15 is 0 Å². The number of carbonyl (C=O) groups excluding carboxylic acids is 2. The summed E-state index contributed by atoms with van der Waals surface area (Å²) in [4.78, 5) is 25.9. The smallest absolute Gasteiger partial charge is 0.275 e. The van der Waals surface area contributed by atoms with Crippen molar-refractivity contribution in [2.45, 2.75) is 33.1 Å². The first-order chi connectivity index (χ1) is 17.6. The second-order valence-corrected chi connectivity index (χ2v) is 8.08. The SMILES string of the molecule is CCC(F)(F)c1cccc(NC(=O)/C(NO)=C(\C)NC(=O)c2ccc(OC)c(-c3cccnn3)c2C)c1. The number of rotatable bonds is 9. The minimum Gasteiger partial charge on any atom is -0.496 e. The fourth-order valence-corrected chi connectivity index (χ4v) is 3.68. The average molecular weight is 512 g/mol. The molecule has 2 aromatic carbocycles. The fourth-order valence-electron chi connectivity index (χ4n) is 3.68. The van der Waals surface area contributed by atoms with Gasteiger partial charge in [-0.2, -0.15) is 10.2 Å². The third-order valence-electron chi connectivity index (χ3n) is 5.72. The second-order valence-electron chi connectivity index (χ2n) is 8.08. The molecule has 0 radical (unpaired) electrons. The summed E-state index contributed by atoms with van der Waals surface area (Å²) in [5, 5.41) is 22.6. The molecule has 1 heterocycles. The number of ether oxygens (including phenoxy) is 1. The van der Waals surface area contributed by atoms with Crippen LogP contribution in [0.25, 0.3) is 11.3 Å². The molecule has 0 saturated heterocycles. The summed E-state index contributed by atoms with van der Waals surface area (Å²) < 4.78 is 33.5. The van der Waals surface area contributed by atoms with Crippen molar-refractivity contribution >= 4 is 17.5 Å². The van der Waals surface area contributed by atoms with Crippen LogP contribution >= 0.6 is 0 Å². The molecule has 3 aromatic rings. The lowest BCUT2D eigenvalue weighted by Gasteiger charge is -2.17. The number of carbonyl (C=O) groups is 2. The molecule has 0 unspecified atom stereocenters. The maximum absolute atomic E-state index is 14.0. The molecule has 0 saturated carbocycles. The molecule has 0 aliphatic carbocycles. The highest BCUT2D eigenvalue weighted by Crippen LogP contribution is 2.34. The van der Waals surface area contributed by atoms with Gasteiger partial charge in [-0.15, -0.1) is 0 Å². The quantitative estimate of drug-likeness (QED) is 0.245. The van der Waals surface area contributed by atoms with Gasteiger partial charge in [-0.05, 0) is 55.8 Å². The number of hydrogen-bond acceptors (Lipinski definition) is 7. The van der Waals surface area contributed by atoms with Gasteiger partial charge < -0.3 is 15.4 Å². The summed E-state index contributed by atoms with van der Waals surface area (Å²) in [6.45, 7) is 4.48. The number of benzene rings is 2. The summed E-state index contributed by atoms with van der Waals surface area (Å²) in [5.41, 5.74) is 3.15. The van der Waals surface area contributed by atoms with Crippen molar-refractivity contribution in [3.05, 3.63) is 82.8 Å². The normalized spacial score (nSPS) is 11.9. The highest BCUT2D eigenvalue weighted by molar-refractivity contribution is 6.05. The molecule has 0 spiro atoms. The summed E-state index contributed by atoms with van der Waals surface area (Å²) in [5.74, 6) is -3.97. The van der Waals surface area contributed by atoms with Crippen LogP contribution in [0.4, 0.5) is 14.5 Å². The van der Waals surface area contributed by atoms with E-state index in [9.17, 15) is 23.6 Å². The Balaban J connectivity index is 1.87. The third-order valence-corrected chi connectivity index (χ3v) is 5.72. The molecular formula is C26H27F2N5O4. The number of nitrogens with one attached hydrogen (secondary N) is 3. The van der Waals surface area contributed by atoms with Gasteiger partial charge in [0.15, 0.2) is 0 Å². The number of aromatic nitrogens is 2. The summed E-state index contributed by atoms with van der Waals surface area (Å²) in [6, 6.07) is 11.8. The molecule has 194 valence electrons. The predicted molar refractivity (Wildman–Crippen MR) is 133 cm³/mol. The third kappa shape index (κ3) is 6.07. The standard InChI is InChI=1S/C26H27F2N5O4/c1-5-26(27,28)17-8-6-9-18(14-17)31-25(35)23(33-36)16(3)30-24(34)19-11-12-21(37-4)22(15(19)2)20-10-7-13-29-32-20/h6-14,33,36H,5H2,1-4H3,(H,30,34)(H,31,35)/b23-16-. The number of methoxy groups -OCH3 is 1. The van der Waals surface area contributed by atoms with Gasteiger partial charge in [-0.1, -0.05) is 19.1 Å². The molecule has 0 fully saturated rings. The number of amides is 2. The van der Waals surface area contributed by atoms with E-state index < -0.39 is 24.2 Å². The van der Waals surface area contributed by atoms with E-state index in [1.165, 1.54) is 45.4 Å². The maximum Gasteiger partial charge on any atom is 0.275 e. The van der Waals surface area contributed by atoms with Crippen LogP contribution in [-0.4, -0.2) is 34.3 Å². The Morgan fingerprint density at radius 2 is 1.89 bits per heavy atom. The Kier molecular flexibility index (Phi) is 8.51. The zero-order valence-corrected chi connectivity index (χ0v) is 20.7. The number of hydrogen-bond donors (Lipinski definition) is 4. The van der Waals surface area contributed by atoms with Crippen molar-refractivity contribution < 1.29 is 28.3 Å². The number of allylic oxidation sites excluding steroid dienone is 1. The van der Waals surface area contributed by atoms with Gasteiger partial charge in [-0.25, -0.2) is 8.78 Å². The number of nitrogens with zero attached hydrogens (tertiary/aromatic N) is 2. The summed E-state index contributed by atoms with van der Waals surface area (Å²) in [7, 11) is 1.50. The number of alkyl halides is 2. The van der Waals surface area contributed by atoms with Crippen molar-refractivity contribution in [2.75, 3.05) is 12.4 Å². The van der Waals surface area contributed by atoms with Crippen molar-refractivity contribution in [1.29, 1.82) is 0 Å². The van der Waals surface area contributed by atoms with Crippen LogP contribution in [0.2, 0.25) is 0 Å². The van der Waals surface area contributed by atoms with Gasteiger partial charge in [0, 0.05) is 40.7 Å². The Morgan fingerprint density at radius 3 is 2.51 bits per heavy atom. The first kappa shape index (κ1) is 27.2. The van der Waals surface area contributed by atoms with Crippen LogP contribution in [0.1, 0.15) is 41.8 Å². The second kappa shape index (κ2) is 11.6. The average Bonchev–Trinajstić information content (AvgIpc) is 2.89. The van der Waals surface area contributed by atoms with Gasteiger partial charge in [0.2, 0.25) is 0 Å². The predicted octanol–water partition coefficient (Wildman–Crippen LogP) is 4.54. The zero-order valence-electron chi connectivity index (χ0n) is 20.7. The first-order valence-electron chi connectivity index (χ1n) is 11.3.